The molecule has 106 valence electrons. The van der Waals surface area contributed by atoms with Gasteiger partial charge in [0.2, 0.25) is 11.8 Å². The number of nitrogens with zero attached hydrogens (tertiary/aromatic N) is 2. The summed E-state index contributed by atoms with van der Waals surface area (Å²) in [5, 5.41) is 3.35. The fourth-order valence-corrected chi connectivity index (χ4v) is 1.71. The maximum Gasteiger partial charge on any atom is 0.243 e. The van der Waals surface area contributed by atoms with Crippen molar-refractivity contribution in [2.75, 3.05) is 11.9 Å². The topological polar surface area (TPSA) is 47.0 Å². The summed E-state index contributed by atoms with van der Waals surface area (Å²) in [4.78, 5) is 8.26. The molecular formula is C14H15ClFN3O. The lowest BCUT2D eigenvalue weighted by Gasteiger charge is -2.10. The maximum atomic E-state index is 13.1. The minimum Gasteiger partial charge on any atom is -0.437 e. The summed E-state index contributed by atoms with van der Waals surface area (Å²) in [6.07, 6.45) is 2.43. The lowest BCUT2D eigenvalue weighted by atomic mass is 10.2. The van der Waals surface area contributed by atoms with Gasteiger partial charge in [-0.05, 0) is 37.1 Å². The van der Waals surface area contributed by atoms with Crippen LogP contribution in [0.25, 0.3) is 0 Å². The highest BCUT2D eigenvalue weighted by Crippen LogP contribution is 2.29. The van der Waals surface area contributed by atoms with Crippen LogP contribution < -0.4 is 10.1 Å². The molecule has 4 nitrogen and oxygen atoms in total. The van der Waals surface area contributed by atoms with Crippen molar-refractivity contribution in [2.45, 2.75) is 20.3 Å². The molecule has 0 radical (unpaired) electrons. The first kappa shape index (κ1) is 14.5. The molecule has 0 unspecified atom stereocenters. The van der Waals surface area contributed by atoms with Gasteiger partial charge in [-0.2, -0.15) is 4.98 Å². The van der Waals surface area contributed by atoms with Crippen LogP contribution in [-0.4, -0.2) is 16.5 Å². The molecule has 2 rings (SSSR count). The normalized spacial score (nSPS) is 10.4. The summed E-state index contributed by atoms with van der Waals surface area (Å²) < 4.78 is 18.7. The number of anilines is 1. The number of hydrogen-bond acceptors (Lipinski definition) is 4. The lowest BCUT2D eigenvalue weighted by Crippen LogP contribution is -2.05. The Morgan fingerprint density at radius 2 is 2.20 bits per heavy atom. The highest BCUT2D eigenvalue weighted by molar-refractivity contribution is 6.31. The van der Waals surface area contributed by atoms with Crippen molar-refractivity contribution in [1.29, 1.82) is 0 Å². The summed E-state index contributed by atoms with van der Waals surface area (Å²) in [6.45, 7) is 4.56. The van der Waals surface area contributed by atoms with E-state index in [2.05, 4.69) is 15.3 Å². The Morgan fingerprint density at radius 1 is 1.40 bits per heavy atom. The van der Waals surface area contributed by atoms with Crippen LogP contribution >= 0.6 is 11.6 Å². The molecule has 0 spiro atoms. The van der Waals surface area contributed by atoms with Crippen LogP contribution in [0.3, 0.4) is 0 Å². The molecule has 0 aliphatic rings. The van der Waals surface area contributed by atoms with E-state index in [0.29, 0.717) is 22.3 Å². The monoisotopic (exact) mass is 295 g/mol. The van der Waals surface area contributed by atoms with Gasteiger partial charge in [-0.1, -0.05) is 18.5 Å². The number of ether oxygens (including phenoxy) is 1. The molecule has 20 heavy (non-hydrogen) atoms. The van der Waals surface area contributed by atoms with Crippen LogP contribution in [0, 0.1) is 12.7 Å². The molecule has 2 aromatic rings. The van der Waals surface area contributed by atoms with Gasteiger partial charge < -0.3 is 10.1 Å². The van der Waals surface area contributed by atoms with E-state index < -0.39 is 0 Å². The predicted molar refractivity (Wildman–Crippen MR) is 77.0 cm³/mol. The fraction of sp³-hybridized carbons (Fsp3) is 0.286. The first-order valence-electron chi connectivity index (χ1n) is 6.30. The Morgan fingerprint density at radius 3 is 2.90 bits per heavy atom. The number of hydrogen-bond donors (Lipinski definition) is 1. The van der Waals surface area contributed by atoms with Gasteiger partial charge in [-0.3, -0.25) is 0 Å². The summed E-state index contributed by atoms with van der Waals surface area (Å²) in [5.41, 5.74) is 0.669. The van der Waals surface area contributed by atoms with Crippen LogP contribution in [0.5, 0.6) is 11.6 Å². The summed E-state index contributed by atoms with van der Waals surface area (Å²) in [5.74, 6) is 0.892. The zero-order valence-corrected chi connectivity index (χ0v) is 12.0. The van der Waals surface area contributed by atoms with E-state index in [4.69, 9.17) is 16.3 Å². The Kier molecular flexibility index (Phi) is 4.74. The molecule has 0 fully saturated rings. The Labute approximate surface area is 122 Å². The third-order valence-corrected chi connectivity index (χ3v) is 2.85. The van der Waals surface area contributed by atoms with Crippen molar-refractivity contribution in [3.05, 3.63) is 40.8 Å². The largest absolute Gasteiger partial charge is 0.437 e. The summed E-state index contributed by atoms with van der Waals surface area (Å²) in [7, 11) is 0. The molecule has 1 aromatic carbocycles. The highest BCUT2D eigenvalue weighted by atomic mass is 35.5. The van der Waals surface area contributed by atoms with Gasteiger partial charge in [0.15, 0.2) is 0 Å². The Hall–Kier alpha value is -1.88. The molecule has 0 saturated carbocycles. The molecule has 1 aromatic heterocycles. The van der Waals surface area contributed by atoms with Crippen molar-refractivity contribution in [3.63, 3.8) is 0 Å². The predicted octanol–water partition coefficient (Wildman–Crippen LogP) is 4.19. The minimum atomic E-state index is -0.311. The fourth-order valence-electron chi connectivity index (χ4n) is 1.58. The Bertz CT molecular complexity index is 607. The summed E-state index contributed by atoms with van der Waals surface area (Å²) in [6, 6.07) is 4.26. The molecule has 0 amide bonds. The molecule has 0 aliphatic heterocycles. The summed E-state index contributed by atoms with van der Waals surface area (Å²) >= 11 is 6.01. The number of rotatable bonds is 5. The zero-order chi connectivity index (χ0) is 14.5. The van der Waals surface area contributed by atoms with Gasteiger partial charge >= 0.3 is 0 Å². The minimum absolute atomic E-state index is 0.245. The van der Waals surface area contributed by atoms with E-state index in [9.17, 15) is 4.39 Å². The van der Waals surface area contributed by atoms with Gasteiger partial charge in [0.25, 0.3) is 0 Å². The zero-order valence-electron chi connectivity index (χ0n) is 11.3. The second-order valence-electron chi connectivity index (χ2n) is 4.29. The van der Waals surface area contributed by atoms with Crippen LogP contribution in [0.4, 0.5) is 10.3 Å². The van der Waals surface area contributed by atoms with E-state index >= 15 is 0 Å². The lowest BCUT2D eigenvalue weighted by molar-refractivity contribution is 0.457. The average Bonchev–Trinajstić information content (AvgIpc) is 2.42. The number of benzene rings is 1. The molecule has 0 saturated heterocycles. The van der Waals surface area contributed by atoms with Crippen molar-refractivity contribution in [3.8, 4) is 11.6 Å². The molecule has 0 bridgehead atoms. The van der Waals surface area contributed by atoms with Crippen LogP contribution in [-0.2, 0) is 0 Å². The molecular weight excluding hydrogens is 281 g/mol. The second-order valence-corrected chi connectivity index (χ2v) is 4.69. The van der Waals surface area contributed by atoms with Crippen LogP contribution in [0.15, 0.2) is 24.4 Å². The first-order valence-corrected chi connectivity index (χ1v) is 6.68. The van der Waals surface area contributed by atoms with E-state index in [-0.39, 0.29) is 11.7 Å². The van der Waals surface area contributed by atoms with E-state index in [1.807, 2.05) is 6.92 Å². The van der Waals surface area contributed by atoms with Gasteiger partial charge in [-0.25, -0.2) is 9.37 Å². The van der Waals surface area contributed by atoms with Gasteiger partial charge in [0, 0.05) is 6.54 Å². The SMILES string of the molecule is CCCNc1ncc(Cl)c(Oc2ccc(F)cc2C)n1. The number of aromatic nitrogens is 2. The third-order valence-electron chi connectivity index (χ3n) is 2.59. The van der Waals surface area contributed by atoms with Crippen LogP contribution in [0.2, 0.25) is 5.02 Å². The smallest absolute Gasteiger partial charge is 0.243 e. The molecule has 6 heteroatoms. The van der Waals surface area contributed by atoms with Crippen LogP contribution in [0.1, 0.15) is 18.9 Å². The van der Waals surface area contributed by atoms with E-state index in [1.54, 1.807) is 13.0 Å². The van der Waals surface area contributed by atoms with Crippen molar-refractivity contribution < 1.29 is 9.13 Å². The molecule has 0 atom stereocenters. The van der Waals surface area contributed by atoms with Gasteiger partial charge in [-0.15, -0.1) is 0 Å². The highest BCUT2D eigenvalue weighted by Gasteiger charge is 2.10. The van der Waals surface area contributed by atoms with Crippen molar-refractivity contribution in [1.82, 2.24) is 9.97 Å². The van der Waals surface area contributed by atoms with Crippen molar-refractivity contribution in [2.24, 2.45) is 0 Å². The number of halogens is 2. The average molecular weight is 296 g/mol. The quantitative estimate of drug-likeness (QED) is 0.898. The second kappa shape index (κ2) is 6.52. The van der Waals surface area contributed by atoms with E-state index in [0.717, 1.165) is 13.0 Å². The van der Waals surface area contributed by atoms with Crippen molar-refractivity contribution >= 4 is 17.5 Å². The van der Waals surface area contributed by atoms with E-state index in [1.165, 1.54) is 18.3 Å². The first-order chi connectivity index (χ1) is 9.60. The number of nitrogens with one attached hydrogen (secondary N) is 1. The number of aryl methyl sites for hydroxylation is 1. The molecule has 1 N–H and O–H groups in total. The van der Waals surface area contributed by atoms with Gasteiger partial charge in [0.05, 0.1) is 6.20 Å². The van der Waals surface area contributed by atoms with Gasteiger partial charge in [0.1, 0.15) is 16.6 Å². The standard InChI is InChI=1S/C14H15ClFN3O/c1-3-6-17-14-18-8-11(15)13(19-14)20-12-5-4-10(16)7-9(12)2/h4-5,7-8H,3,6H2,1-2H3,(H,17,18,19). The third kappa shape index (κ3) is 3.57. The molecule has 1 heterocycles. The molecule has 0 aliphatic carbocycles. The maximum absolute atomic E-state index is 13.1. The Balaban J connectivity index is 2.23.